The molecule has 2 aromatic carbocycles. The molecule has 0 unspecified atom stereocenters. The van der Waals surface area contributed by atoms with Crippen LogP contribution in [-0.2, 0) is 0 Å². The second-order valence-electron chi connectivity index (χ2n) is 3.06. The third kappa shape index (κ3) is 2.95. The zero-order valence-corrected chi connectivity index (χ0v) is 10.9. The van der Waals surface area contributed by atoms with Crippen molar-refractivity contribution < 1.29 is 42.2 Å². The van der Waals surface area contributed by atoms with Crippen LogP contribution >= 0.6 is 0 Å². The van der Waals surface area contributed by atoms with Gasteiger partial charge >= 0.3 is 29.6 Å². The fourth-order valence-electron chi connectivity index (χ4n) is 1.30. The number of carboxylic acids is 1. The zero-order valence-electron chi connectivity index (χ0n) is 10.9. The normalized spacial score (nSPS) is 11.0. The van der Waals surface area contributed by atoms with E-state index in [1.807, 2.05) is 30.3 Å². The van der Waals surface area contributed by atoms with E-state index in [0.717, 1.165) is 5.56 Å². The van der Waals surface area contributed by atoms with Crippen LogP contribution in [0.2, 0.25) is 0 Å². The number of hydrogen-bond donors (Lipinski definition) is 0. The fraction of sp³-hybridized carbons (Fsp3) is 0. The zero-order chi connectivity index (χ0) is 12.4. The smallest absolute Gasteiger partial charge is 0.545 e. The van der Waals surface area contributed by atoms with Gasteiger partial charge in [-0.05, 0) is 16.7 Å². The topological polar surface area (TPSA) is 40.1 Å². The molecular formula is C13H9NaO2. The van der Waals surface area contributed by atoms with Crippen LogP contribution in [0, 0.1) is 0 Å². The molecule has 0 saturated heterocycles. The fourth-order valence-corrected chi connectivity index (χ4v) is 1.30. The number of carboxylic acid groups (broad SMARTS) is 1. The van der Waals surface area contributed by atoms with Crippen molar-refractivity contribution >= 4 is 5.97 Å². The van der Waals surface area contributed by atoms with Crippen LogP contribution in [0.25, 0.3) is 11.1 Å². The SMILES string of the molecule is [2H]c1cc(-c2ccccc2)cc([2H])c1C(=O)[O-].[Na+]. The van der Waals surface area contributed by atoms with Crippen LogP contribution in [-0.4, -0.2) is 5.97 Å². The number of carbonyl (C=O) groups is 1. The molecule has 2 nitrogen and oxygen atoms in total. The molecule has 74 valence electrons. The van der Waals surface area contributed by atoms with Gasteiger partial charge in [-0.2, -0.15) is 0 Å². The van der Waals surface area contributed by atoms with Crippen molar-refractivity contribution in [2.75, 3.05) is 0 Å². The van der Waals surface area contributed by atoms with Crippen molar-refractivity contribution in [3.63, 3.8) is 0 Å². The largest absolute Gasteiger partial charge is 1.00 e. The summed E-state index contributed by atoms with van der Waals surface area (Å²) in [6.07, 6.45) is 0. The quantitative estimate of drug-likeness (QED) is 0.594. The Hall–Kier alpha value is -1.09. The van der Waals surface area contributed by atoms with Gasteiger partial charge < -0.3 is 9.90 Å². The molecule has 0 heterocycles. The maximum Gasteiger partial charge on any atom is 1.00 e. The Kier molecular flexibility index (Phi) is 3.69. The van der Waals surface area contributed by atoms with Gasteiger partial charge in [0.25, 0.3) is 0 Å². The van der Waals surface area contributed by atoms with Gasteiger partial charge in [-0.3, -0.25) is 0 Å². The maximum atomic E-state index is 10.7. The van der Waals surface area contributed by atoms with E-state index in [2.05, 4.69) is 0 Å². The van der Waals surface area contributed by atoms with E-state index >= 15 is 0 Å². The maximum absolute atomic E-state index is 10.7. The molecule has 0 amide bonds. The first kappa shape index (κ1) is 10.1. The van der Waals surface area contributed by atoms with Crippen LogP contribution in [0.3, 0.4) is 0 Å². The summed E-state index contributed by atoms with van der Waals surface area (Å²) < 4.78 is 15.2. The summed E-state index contributed by atoms with van der Waals surface area (Å²) in [7, 11) is 0. The van der Waals surface area contributed by atoms with E-state index in [-0.39, 0.29) is 47.2 Å². The summed E-state index contributed by atoms with van der Waals surface area (Å²) in [6, 6.07) is 11.7. The summed E-state index contributed by atoms with van der Waals surface area (Å²) >= 11 is 0. The van der Waals surface area contributed by atoms with Gasteiger partial charge in [0.05, 0.1) is 8.71 Å². The first-order valence-corrected chi connectivity index (χ1v) is 4.47. The molecule has 0 aromatic heterocycles. The minimum absolute atomic E-state index is 0. The van der Waals surface area contributed by atoms with Crippen LogP contribution in [0.1, 0.15) is 13.1 Å². The van der Waals surface area contributed by atoms with Crippen molar-refractivity contribution in [2.24, 2.45) is 0 Å². The molecule has 2 aromatic rings. The van der Waals surface area contributed by atoms with Gasteiger partial charge in [-0.15, -0.1) is 0 Å². The molecule has 0 saturated carbocycles. The van der Waals surface area contributed by atoms with E-state index in [4.69, 9.17) is 2.74 Å². The van der Waals surface area contributed by atoms with Gasteiger partial charge in [0, 0.05) is 0 Å². The van der Waals surface area contributed by atoms with Crippen LogP contribution < -0.4 is 34.7 Å². The number of hydrogen-bond acceptors (Lipinski definition) is 2. The summed E-state index contributed by atoms with van der Waals surface area (Å²) in [5, 5.41) is 10.7. The van der Waals surface area contributed by atoms with Crippen LogP contribution in [0.15, 0.2) is 54.5 Å². The molecule has 2 rings (SSSR count). The van der Waals surface area contributed by atoms with Crippen LogP contribution in [0.4, 0.5) is 0 Å². The Morgan fingerprint density at radius 3 is 2.00 bits per heavy atom. The van der Waals surface area contributed by atoms with Crippen molar-refractivity contribution in [1.29, 1.82) is 0 Å². The number of aromatic carboxylic acids is 1. The molecule has 3 heteroatoms. The predicted octanol–water partition coefficient (Wildman–Crippen LogP) is -1.28. The second-order valence-corrected chi connectivity index (χ2v) is 3.06. The summed E-state index contributed by atoms with van der Waals surface area (Å²) in [4.78, 5) is 10.7. The van der Waals surface area contributed by atoms with Gasteiger partial charge in [0.15, 0.2) is 0 Å². The minimum Gasteiger partial charge on any atom is -0.545 e. The summed E-state index contributed by atoms with van der Waals surface area (Å²) in [6.45, 7) is 0. The Bertz CT molecular complexity index is 547. The molecule has 0 aliphatic rings. The molecule has 0 spiro atoms. The van der Waals surface area contributed by atoms with E-state index in [0.29, 0.717) is 5.56 Å². The first-order chi connectivity index (χ1) is 8.09. The van der Waals surface area contributed by atoms with Crippen molar-refractivity contribution in [3.05, 3.63) is 60.1 Å². The molecule has 0 radical (unpaired) electrons. The Morgan fingerprint density at radius 1 is 1.00 bits per heavy atom. The van der Waals surface area contributed by atoms with E-state index in [1.54, 1.807) is 0 Å². The van der Waals surface area contributed by atoms with Gasteiger partial charge in [0.1, 0.15) is 0 Å². The Balaban J connectivity index is 0.00000162. The molecule has 0 aliphatic heterocycles. The average Bonchev–Trinajstić information content (AvgIpc) is 2.28. The van der Waals surface area contributed by atoms with Gasteiger partial charge in [-0.25, -0.2) is 0 Å². The third-order valence-electron chi connectivity index (χ3n) is 2.06. The van der Waals surface area contributed by atoms with Crippen molar-refractivity contribution in [3.8, 4) is 11.1 Å². The monoisotopic (exact) mass is 222 g/mol. The van der Waals surface area contributed by atoms with Gasteiger partial charge in [0.2, 0.25) is 0 Å². The molecule has 0 atom stereocenters. The number of rotatable bonds is 2. The van der Waals surface area contributed by atoms with Crippen molar-refractivity contribution in [1.82, 2.24) is 0 Å². The van der Waals surface area contributed by atoms with E-state index < -0.39 is 5.97 Å². The molecule has 0 fully saturated rings. The van der Waals surface area contributed by atoms with Gasteiger partial charge in [-0.1, -0.05) is 54.5 Å². The van der Waals surface area contributed by atoms with Crippen LogP contribution in [0.5, 0.6) is 0 Å². The summed E-state index contributed by atoms with van der Waals surface area (Å²) in [5.41, 5.74) is 1.13. The van der Waals surface area contributed by atoms with Crippen molar-refractivity contribution in [2.45, 2.75) is 0 Å². The van der Waals surface area contributed by atoms with E-state index in [1.165, 1.54) is 12.1 Å². The molecule has 0 bridgehead atoms. The minimum atomic E-state index is -1.49. The molecule has 16 heavy (non-hydrogen) atoms. The first-order valence-electron chi connectivity index (χ1n) is 5.47. The molecular weight excluding hydrogens is 211 g/mol. The average molecular weight is 222 g/mol. The van der Waals surface area contributed by atoms with E-state index in [9.17, 15) is 9.90 Å². The Morgan fingerprint density at radius 2 is 1.50 bits per heavy atom. The Labute approximate surface area is 119 Å². The summed E-state index contributed by atoms with van der Waals surface area (Å²) in [5.74, 6) is -1.49. The second kappa shape index (κ2) is 5.85. The molecule has 0 N–H and O–H groups in total. The number of carbonyl (C=O) groups excluding carboxylic acids is 1. The predicted molar refractivity (Wildman–Crippen MR) is 56.2 cm³/mol. The standard InChI is InChI=1S/C13H10O2.Na/c14-13(15)12-8-6-11(7-9-12)10-4-2-1-3-5-10;/h1-9H,(H,14,15);/q;+1/p-1/i8D,9D;. The third-order valence-corrected chi connectivity index (χ3v) is 2.06. The number of benzene rings is 2. The molecule has 0 aliphatic carbocycles.